The summed E-state index contributed by atoms with van der Waals surface area (Å²) >= 11 is 0. The van der Waals surface area contributed by atoms with Crippen LogP contribution in [0.1, 0.15) is 44.1 Å². The van der Waals surface area contributed by atoms with Gasteiger partial charge in [0.15, 0.2) is 0 Å². The molecular weight excluding hydrogens is 294 g/mol. The maximum absolute atomic E-state index is 11.3. The van der Waals surface area contributed by atoms with Gasteiger partial charge in [0.2, 0.25) is 0 Å². The number of aliphatic hydroxyl groups is 1. The monoisotopic (exact) mass is 321 g/mol. The molecule has 2 fully saturated rings. The van der Waals surface area contributed by atoms with Crippen molar-refractivity contribution in [2.45, 2.75) is 50.2 Å². The van der Waals surface area contributed by atoms with Crippen molar-refractivity contribution < 1.29 is 5.11 Å². The third-order valence-electron chi connectivity index (χ3n) is 5.96. The van der Waals surface area contributed by atoms with Gasteiger partial charge in [-0.3, -0.25) is 0 Å². The van der Waals surface area contributed by atoms with E-state index in [9.17, 15) is 5.11 Å². The topological polar surface area (TPSA) is 32.3 Å². The van der Waals surface area contributed by atoms with Crippen molar-refractivity contribution in [3.63, 3.8) is 0 Å². The fourth-order valence-corrected chi connectivity index (χ4v) is 4.62. The molecule has 1 aliphatic heterocycles. The maximum Gasteiger partial charge on any atom is 0.0899 e. The molecule has 1 heterocycles. The van der Waals surface area contributed by atoms with Crippen molar-refractivity contribution >= 4 is 0 Å². The molecule has 2 aliphatic rings. The van der Waals surface area contributed by atoms with Crippen LogP contribution in [0.4, 0.5) is 0 Å². The molecule has 3 atom stereocenters. The molecule has 0 aromatic heterocycles. The van der Waals surface area contributed by atoms with Crippen LogP contribution in [-0.2, 0) is 5.60 Å². The van der Waals surface area contributed by atoms with Gasteiger partial charge in [0.1, 0.15) is 0 Å². The zero-order chi connectivity index (χ0) is 16.4. The highest BCUT2D eigenvalue weighted by molar-refractivity contribution is 5.63. The molecule has 2 nitrogen and oxygen atoms in total. The van der Waals surface area contributed by atoms with Crippen LogP contribution >= 0.6 is 0 Å². The molecule has 2 aromatic rings. The van der Waals surface area contributed by atoms with Gasteiger partial charge in [-0.1, -0.05) is 54.6 Å². The van der Waals surface area contributed by atoms with Crippen molar-refractivity contribution in [2.75, 3.05) is 6.54 Å². The summed E-state index contributed by atoms with van der Waals surface area (Å²) in [5.41, 5.74) is 2.88. The second-order valence-corrected chi connectivity index (χ2v) is 7.53. The zero-order valence-corrected chi connectivity index (χ0v) is 14.2. The van der Waals surface area contributed by atoms with Crippen LogP contribution in [0.3, 0.4) is 0 Å². The first-order chi connectivity index (χ1) is 11.7. The molecule has 1 saturated carbocycles. The second kappa shape index (κ2) is 6.70. The Labute approximate surface area is 144 Å². The van der Waals surface area contributed by atoms with Crippen LogP contribution < -0.4 is 5.32 Å². The molecule has 2 aromatic carbocycles. The summed E-state index contributed by atoms with van der Waals surface area (Å²) in [6.07, 6.45) is 6.72. The molecule has 2 heteroatoms. The predicted molar refractivity (Wildman–Crippen MR) is 98.8 cm³/mol. The third kappa shape index (κ3) is 3.13. The fourth-order valence-electron chi connectivity index (χ4n) is 4.62. The van der Waals surface area contributed by atoms with Gasteiger partial charge in [-0.25, -0.2) is 0 Å². The molecule has 2 unspecified atom stereocenters. The predicted octanol–water partition coefficient (Wildman–Crippen LogP) is 4.48. The van der Waals surface area contributed by atoms with Gasteiger partial charge < -0.3 is 10.4 Å². The lowest BCUT2D eigenvalue weighted by atomic mass is 9.71. The molecule has 1 aliphatic carbocycles. The first-order valence-corrected chi connectivity index (χ1v) is 9.36. The van der Waals surface area contributed by atoms with E-state index in [0.29, 0.717) is 12.0 Å². The van der Waals surface area contributed by atoms with Crippen molar-refractivity contribution in [2.24, 2.45) is 5.92 Å². The summed E-state index contributed by atoms with van der Waals surface area (Å²) < 4.78 is 0. The lowest BCUT2D eigenvalue weighted by Gasteiger charge is -2.39. The molecule has 0 spiro atoms. The Kier molecular flexibility index (Phi) is 4.43. The highest BCUT2D eigenvalue weighted by Crippen LogP contribution is 2.42. The summed E-state index contributed by atoms with van der Waals surface area (Å²) in [5, 5.41) is 14.9. The van der Waals surface area contributed by atoms with Crippen LogP contribution in [0.25, 0.3) is 11.1 Å². The first-order valence-electron chi connectivity index (χ1n) is 9.36. The van der Waals surface area contributed by atoms with Crippen LogP contribution in [0.5, 0.6) is 0 Å². The number of benzene rings is 2. The highest BCUT2D eigenvalue weighted by atomic mass is 16.3. The van der Waals surface area contributed by atoms with Gasteiger partial charge in [0, 0.05) is 6.04 Å². The molecule has 0 bridgehead atoms. The van der Waals surface area contributed by atoms with E-state index in [1.807, 2.05) is 6.07 Å². The molecule has 24 heavy (non-hydrogen) atoms. The van der Waals surface area contributed by atoms with Gasteiger partial charge in [0.05, 0.1) is 5.60 Å². The molecule has 126 valence electrons. The SMILES string of the molecule is O[C@@]1(c2ccc(-c3ccccc3)cc2)CCCC(C2CCCN2)C1. The van der Waals surface area contributed by atoms with E-state index in [1.54, 1.807) is 0 Å². The largest absolute Gasteiger partial charge is 0.385 e. The molecule has 2 N–H and O–H groups in total. The average Bonchev–Trinajstić information content (AvgIpc) is 3.17. The maximum atomic E-state index is 11.3. The molecule has 0 radical (unpaired) electrons. The van der Waals surface area contributed by atoms with Crippen LogP contribution in [-0.4, -0.2) is 17.7 Å². The van der Waals surface area contributed by atoms with E-state index in [-0.39, 0.29) is 0 Å². The van der Waals surface area contributed by atoms with Gasteiger partial charge in [-0.15, -0.1) is 0 Å². The van der Waals surface area contributed by atoms with Crippen molar-refractivity contribution in [3.05, 3.63) is 60.2 Å². The van der Waals surface area contributed by atoms with E-state index >= 15 is 0 Å². The van der Waals surface area contributed by atoms with Crippen LogP contribution in [0.2, 0.25) is 0 Å². The smallest absolute Gasteiger partial charge is 0.0899 e. The average molecular weight is 321 g/mol. The Morgan fingerprint density at radius 2 is 1.62 bits per heavy atom. The third-order valence-corrected chi connectivity index (χ3v) is 5.96. The van der Waals surface area contributed by atoms with E-state index < -0.39 is 5.60 Å². The Bertz CT molecular complexity index is 660. The minimum atomic E-state index is -0.650. The summed E-state index contributed by atoms with van der Waals surface area (Å²) in [5.74, 6) is 0.611. The first kappa shape index (κ1) is 15.9. The van der Waals surface area contributed by atoms with Crippen LogP contribution in [0.15, 0.2) is 54.6 Å². The second-order valence-electron chi connectivity index (χ2n) is 7.53. The highest BCUT2D eigenvalue weighted by Gasteiger charge is 2.39. The van der Waals surface area contributed by atoms with Gasteiger partial charge in [-0.05, 0) is 67.7 Å². The zero-order valence-electron chi connectivity index (χ0n) is 14.2. The van der Waals surface area contributed by atoms with Gasteiger partial charge >= 0.3 is 0 Å². The summed E-state index contributed by atoms with van der Waals surface area (Å²) in [6.45, 7) is 1.14. The van der Waals surface area contributed by atoms with Gasteiger partial charge in [-0.2, -0.15) is 0 Å². The van der Waals surface area contributed by atoms with E-state index in [1.165, 1.54) is 30.4 Å². The summed E-state index contributed by atoms with van der Waals surface area (Å²) in [6, 6.07) is 19.6. The van der Waals surface area contributed by atoms with Gasteiger partial charge in [0.25, 0.3) is 0 Å². The van der Waals surface area contributed by atoms with E-state index in [0.717, 1.165) is 31.4 Å². The summed E-state index contributed by atoms with van der Waals surface area (Å²) in [7, 11) is 0. The number of hydrogen-bond donors (Lipinski definition) is 2. The number of hydrogen-bond acceptors (Lipinski definition) is 2. The Hall–Kier alpha value is -1.64. The fraction of sp³-hybridized carbons (Fsp3) is 0.455. The standard InChI is InChI=1S/C22H27NO/c24-22(14-4-8-19(16-22)21-9-5-15-23-21)20-12-10-18(11-13-20)17-6-2-1-3-7-17/h1-3,6-7,10-13,19,21,23-24H,4-5,8-9,14-16H2/t19?,21?,22-/m0/s1. The van der Waals surface area contributed by atoms with Crippen molar-refractivity contribution in [3.8, 4) is 11.1 Å². The molecular formula is C22H27NO. The Morgan fingerprint density at radius 1 is 0.875 bits per heavy atom. The minimum Gasteiger partial charge on any atom is -0.385 e. The Balaban J connectivity index is 1.53. The van der Waals surface area contributed by atoms with Crippen molar-refractivity contribution in [1.29, 1.82) is 0 Å². The Morgan fingerprint density at radius 3 is 2.33 bits per heavy atom. The number of rotatable bonds is 3. The van der Waals surface area contributed by atoms with E-state index in [4.69, 9.17) is 0 Å². The lowest BCUT2D eigenvalue weighted by Crippen LogP contribution is -2.40. The molecule has 0 amide bonds. The lowest BCUT2D eigenvalue weighted by molar-refractivity contribution is -0.0268. The van der Waals surface area contributed by atoms with E-state index in [2.05, 4.69) is 53.8 Å². The van der Waals surface area contributed by atoms with Crippen molar-refractivity contribution in [1.82, 2.24) is 5.32 Å². The number of nitrogens with one attached hydrogen (secondary N) is 1. The molecule has 4 rings (SSSR count). The van der Waals surface area contributed by atoms with Crippen LogP contribution in [0, 0.1) is 5.92 Å². The summed E-state index contributed by atoms with van der Waals surface area (Å²) in [4.78, 5) is 0. The normalized spacial score (nSPS) is 30.4. The minimum absolute atomic E-state index is 0.611. The quantitative estimate of drug-likeness (QED) is 0.873. The molecule has 1 saturated heterocycles.